The van der Waals surface area contributed by atoms with Gasteiger partial charge < -0.3 is 15.5 Å². The van der Waals surface area contributed by atoms with Crippen LogP contribution in [0.2, 0.25) is 0 Å². The highest BCUT2D eigenvalue weighted by Crippen LogP contribution is 2.25. The van der Waals surface area contributed by atoms with E-state index in [-0.39, 0.29) is 0 Å². The quantitative estimate of drug-likeness (QED) is 0.825. The van der Waals surface area contributed by atoms with Crippen molar-refractivity contribution in [1.82, 2.24) is 4.90 Å². The van der Waals surface area contributed by atoms with Gasteiger partial charge in [0.25, 0.3) is 0 Å². The summed E-state index contributed by atoms with van der Waals surface area (Å²) in [5.74, 6) is 0. The van der Waals surface area contributed by atoms with E-state index >= 15 is 0 Å². The molecule has 19 heavy (non-hydrogen) atoms. The number of likely N-dealkylation sites (N-methyl/N-ethyl adjacent to an activating group) is 1. The van der Waals surface area contributed by atoms with Crippen LogP contribution in [0.1, 0.15) is 25.3 Å². The van der Waals surface area contributed by atoms with Gasteiger partial charge in [-0.2, -0.15) is 5.26 Å². The summed E-state index contributed by atoms with van der Waals surface area (Å²) >= 11 is 0. The van der Waals surface area contributed by atoms with Gasteiger partial charge in [0.05, 0.1) is 5.56 Å². The fourth-order valence-corrected chi connectivity index (χ4v) is 2.75. The number of nitriles is 1. The molecule has 0 spiro atoms. The Morgan fingerprint density at radius 2 is 2.21 bits per heavy atom. The van der Waals surface area contributed by atoms with Crippen molar-refractivity contribution in [2.24, 2.45) is 0 Å². The zero-order chi connectivity index (χ0) is 13.8. The van der Waals surface area contributed by atoms with E-state index in [1.54, 1.807) is 0 Å². The topological polar surface area (TPSA) is 56.3 Å². The monoisotopic (exact) mass is 258 g/mol. The Morgan fingerprint density at radius 3 is 2.89 bits per heavy atom. The summed E-state index contributed by atoms with van der Waals surface area (Å²) in [6.07, 6.45) is 2.26. The first-order valence-corrected chi connectivity index (χ1v) is 6.90. The first-order chi connectivity index (χ1) is 9.15. The van der Waals surface area contributed by atoms with Gasteiger partial charge in [-0.1, -0.05) is 6.92 Å². The van der Waals surface area contributed by atoms with Crippen molar-refractivity contribution in [2.75, 3.05) is 37.3 Å². The molecular weight excluding hydrogens is 236 g/mol. The maximum atomic E-state index is 9.11. The van der Waals surface area contributed by atoms with Gasteiger partial charge >= 0.3 is 0 Å². The average Bonchev–Trinajstić information content (AvgIpc) is 2.60. The minimum absolute atomic E-state index is 0.502. The molecule has 0 amide bonds. The van der Waals surface area contributed by atoms with E-state index in [1.165, 1.54) is 0 Å². The highest BCUT2D eigenvalue weighted by atomic mass is 15.2. The predicted molar refractivity (Wildman–Crippen MR) is 79.1 cm³/mol. The zero-order valence-corrected chi connectivity index (χ0v) is 11.8. The summed E-state index contributed by atoms with van der Waals surface area (Å²) in [7, 11) is 2.18. The Labute approximate surface area is 115 Å². The number of nitrogen functional groups attached to an aromatic ring is 1. The van der Waals surface area contributed by atoms with E-state index in [1.807, 2.05) is 18.2 Å². The van der Waals surface area contributed by atoms with Crippen LogP contribution >= 0.6 is 0 Å². The van der Waals surface area contributed by atoms with Gasteiger partial charge in [0.2, 0.25) is 0 Å². The van der Waals surface area contributed by atoms with Crippen LogP contribution in [0.15, 0.2) is 18.2 Å². The van der Waals surface area contributed by atoms with Gasteiger partial charge in [0.1, 0.15) is 6.07 Å². The minimum Gasteiger partial charge on any atom is -0.398 e. The van der Waals surface area contributed by atoms with Gasteiger partial charge in [0.15, 0.2) is 0 Å². The van der Waals surface area contributed by atoms with Crippen LogP contribution in [0, 0.1) is 11.3 Å². The maximum Gasteiger partial charge on any atom is 0.101 e. The van der Waals surface area contributed by atoms with Crippen LogP contribution < -0.4 is 10.6 Å². The SMILES string of the molecule is CCC1CN(C)CCCN1c1ccc(N)c(C#N)c1. The lowest BCUT2D eigenvalue weighted by atomic mass is 10.1. The largest absolute Gasteiger partial charge is 0.398 e. The second-order valence-corrected chi connectivity index (χ2v) is 5.25. The van der Waals surface area contributed by atoms with E-state index in [2.05, 4.69) is 29.8 Å². The van der Waals surface area contributed by atoms with Crippen LogP contribution in [0.3, 0.4) is 0 Å². The third-order valence-corrected chi connectivity index (χ3v) is 3.86. The molecule has 1 atom stereocenters. The molecular formula is C15H22N4. The van der Waals surface area contributed by atoms with Crippen molar-refractivity contribution in [3.63, 3.8) is 0 Å². The van der Waals surface area contributed by atoms with Crippen molar-refractivity contribution >= 4 is 11.4 Å². The molecule has 2 rings (SSSR count). The van der Waals surface area contributed by atoms with Crippen molar-refractivity contribution in [3.05, 3.63) is 23.8 Å². The molecule has 2 N–H and O–H groups in total. The summed E-state index contributed by atoms with van der Waals surface area (Å²) in [5, 5.41) is 9.11. The van der Waals surface area contributed by atoms with Crippen LogP contribution in [-0.2, 0) is 0 Å². The van der Waals surface area contributed by atoms with Crippen molar-refractivity contribution in [1.29, 1.82) is 5.26 Å². The summed E-state index contributed by atoms with van der Waals surface area (Å²) in [4.78, 5) is 4.81. The van der Waals surface area contributed by atoms with Gasteiger partial charge in [-0.15, -0.1) is 0 Å². The number of rotatable bonds is 2. The summed E-state index contributed by atoms with van der Waals surface area (Å²) < 4.78 is 0. The number of hydrogen-bond donors (Lipinski definition) is 1. The lowest BCUT2D eigenvalue weighted by molar-refractivity contribution is 0.328. The molecule has 0 aromatic heterocycles. The van der Waals surface area contributed by atoms with Crippen molar-refractivity contribution in [2.45, 2.75) is 25.8 Å². The standard InChI is InChI=1S/C15H22N4/c1-3-13-11-18(2)7-4-8-19(13)14-5-6-15(17)12(9-14)10-16/h5-6,9,13H,3-4,7-8,11,17H2,1-2H3. The smallest absolute Gasteiger partial charge is 0.101 e. The Balaban J connectivity index is 2.30. The summed E-state index contributed by atoms with van der Waals surface area (Å²) in [6.45, 7) is 5.47. The van der Waals surface area contributed by atoms with Gasteiger partial charge in [-0.3, -0.25) is 0 Å². The minimum atomic E-state index is 0.502. The molecule has 1 aromatic carbocycles. The number of benzene rings is 1. The molecule has 4 heteroatoms. The molecule has 102 valence electrons. The van der Waals surface area contributed by atoms with Gasteiger partial charge in [-0.05, 0) is 44.6 Å². The molecule has 1 aliphatic heterocycles. The number of nitrogens with two attached hydrogens (primary N) is 1. The summed E-state index contributed by atoms with van der Waals surface area (Å²) in [5.41, 5.74) is 8.05. The van der Waals surface area contributed by atoms with Crippen LogP contribution in [0.25, 0.3) is 0 Å². The van der Waals surface area contributed by atoms with E-state index in [0.717, 1.165) is 38.2 Å². The highest BCUT2D eigenvalue weighted by molar-refractivity contribution is 5.63. The Kier molecular flexibility index (Phi) is 4.28. The molecule has 0 aliphatic carbocycles. The lowest BCUT2D eigenvalue weighted by Gasteiger charge is -2.32. The Hall–Kier alpha value is -1.73. The maximum absolute atomic E-state index is 9.11. The first-order valence-electron chi connectivity index (χ1n) is 6.90. The van der Waals surface area contributed by atoms with E-state index in [9.17, 15) is 0 Å². The average molecular weight is 258 g/mol. The molecule has 0 bridgehead atoms. The molecule has 0 radical (unpaired) electrons. The second kappa shape index (κ2) is 5.94. The predicted octanol–water partition coefficient (Wildman–Crippen LogP) is 2.06. The molecule has 0 saturated carbocycles. The lowest BCUT2D eigenvalue weighted by Crippen LogP contribution is -2.39. The van der Waals surface area contributed by atoms with Gasteiger partial charge in [-0.25, -0.2) is 0 Å². The number of nitrogens with zero attached hydrogens (tertiary/aromatic N) is 3. The molecule has 1 aromatic rings. The number of anilines is 2. The Bertz CT molecular complexity index is 478. The number of hydrogen-bond acceptors (Lipinski definition) is 4. The molecule has 1 fully saturated rings. The second-order valence-electron chi connectivity index (χ2n) is 5.25. The van der Waals surface area contributed by atoms with Crippen molar-refractivity contribution in [3.8, 4) is 6.07 Å². The highest BCUT2D eigenvalue weighted by Gasteiger charge is 2.22. The molecule has 1 unspecified atom stereocenters. The molecule has 4 nitrogen and oxygen atoms in total. The normalized spacial score (nSPS) is 20.9. The first kappa shape index (κ1) is 13.7. The van der Waals surface area contributed by atoms with Gasteiger partial charge in [0, 0.05) is 30.5 Å². The fraction of sp³-hybridized carbons (Fsp3) is 0.533. The Morgan fingerprint density at radius 1 is 1.42 bits per heavy atom. The van der Waals surface area contributed by atoms with E-state index in [4.69, 9.17) is 11.0 Å². The molecule has 1 aliphatic rings. The zero-order valence-electron chi connectivity index (χ0n) is 11.8. The van der Waals surface area contributed by atoms with E-state index in [0.29, 0.717) is 17.3 Å². The van der Waals surface area contributed by atoms with Crippen LogP contribution in [-0.4, -0.2) is 37.6 Å². The molecule has 1 heterocycles. The summed E-state index contributed by atoms with van der Waals surface area (Å²) in [6, 6.07) is 8.47. The fourth-order valence-electron chi connectivity index (χ4n) is 2.75. The third kappa shape index (κ3) is 2.99. The van der Waals surface area contributed by atoms with Crippen LogP contribution in [0.5, 0.6) is 0 Å². The van der Waals surface area contributed by atoms with Crippen LogP contribution in [0.4, 0.5) is 11.4 Å². The van der Waals surface area contributed by atoms with E-state index < -0.39 is 0 Å². The van der Waals surface area contributed by atoms with Crippen molar-refractivity contribution < 1.29 is 0 Å². The third-order valence-electron chi connectivity index (χ3n) is 3.86. The molecule has 1 saturated heterocycles.